The van der Waals surface area contributed by atoms with Gasteiger partial charge in [0, 0.05) is 18.1 Å². The molecule has 0 saturated carbocycles. The first-order valence-corrected chi connectivity index (χ1v) is 10.4. The Morgan fingerprint density at radius 3 is 2.45 bits per heavy atom. The number of aryl methyl sites for hydroxylation is 1. The Hall–Kier alpha value is -3.80. The molecule has 7 nitrogen and oxygen atoms in total. The molecule has 4 rings (SSSR count). The average molecular weight is 477 g/mol. The fourth-order valence-electron chi connectivity index (χ4n) is 3.23. The second-order valence-electron chi connectivity index (χ2n) is 6.92. The smallest absolute Gasteiger partial charge is 0.365 e. The van der Waals surface area contributed by atoms with Crippen molar-refractivity contribution in [2.24, 2.45) is 5.73 Å². The van der Waals surface area contributed by atoms with Crippen LogP contribution in [0.25, 0.3) is 21.3 Å². The maximum absolute atomic E-state index is 13.5. The maximum Gasteiger partial charge on any atom is 0.433 e. The molecule has 3 aromatic heterocycles. The summed E-state index contributed by atoms with van der Waals surface area (Å²) in [4.78, 5) is 28.2. The molecule has 0 saturated heterocycles. The van der Waals surface area contributed by atoms with Crippen molar-refractivity contribution in [3.63, 3.8) is 0 Å². The predicted octanol–water partition coefficient (Wildman–Crippen LogP) is 4.69. The first kappa shape index (κ1) is 22.4. The van der Waals surface area contributed by atoms with Crippen LogP contribution in [-0.2, 0) is 12.7 Å². The van der Waals surface area contributed by atoms with Crippen LogP contribution < -0.4 is 11.1 Å². The number of fused-ring (bicyclic) bond motifs is 1. The van der Waals surface area contributed by atoms with E-state index >= 15 is 0 Å². The molecule has 170 valence electrons. The van der Waals surface area contributed by atoms with Crippen LogP contribution in [0.2, 0.25) is 0 Å². The van der Waals surface area contributed by atoms with E-state index in [0.29, 0.717) is 17.9 Å². The Morgan fingerprint density at radius 2 is 1.88 bits per heavy atom. The number of benzene rings is 1. The number of amides is 2. The summed E-state index contributed by atoms with van der Waals surface area (Å²) in [5, 5.41) is 6.71. The monoisotopic (exact) mass is 477 g/mol. The quantitative estimate of drug-likeness (QED) is 0.407. The van der Waals surface area contributed by atoms with Gasteiger partial charge in [-0.15, -0.1) is 11.3 Å². The van der Waals surface area contributed by atoms with E-state index in [9.17, 15) is 27.2 Å². The number of primary amides is 1. The number of rotatable bonds is 5. The van der Waals surface area contributed by atoms with Gasteiger partial charge in [0.25, 0.3) is 11.8 Å². The molecule has 3 heterocycles. The van der Waals surface area contributed by atoms with Crippen molar-refractivity contribution in [2.45, 2.75) is 19.6 Å². The molecule has 4 aromatic rings. The highest BCUT2D eigenvalue weighted by Crippen LogP contribution is 2.43. The van der Waals surface area contributed by atoms with E-state index < -0.39 is 29.5 Å². The number of anilines is 1. The van der Waals surface area contributed by atoms with Crippen LogP contribution in [0.3, 0.4) is 0 Å². The van der Waals surface area contributed by atoms with Crippen molar-refractivity contribution in [1.29, 1.82) is 0 Å². The Balaban J connectivity index is 1.96. The van der Waals surface area contributed by atoms with Crippen LogP contribution >= 0.6 is 11.3 Å². The molecule has 0 bridgehead atoms. The maximum atomic E-state index is 13.5. The minimum absolute atomic E-state index is 0.00506. The largest absolute Gasteiger partial charge is 0.433 e. The lowest BCUT2D eigenvalue weighted by Gasteiger charge is -2.12. The lowest BCUT2D eigenvalue weighted by atomic mass is 10.0. The highest BCUT2D eigenvalue weighted by atomic mass is 32.1. The predicted molar refractivity (Wildman–Crippen MR) is 114 cm³/mol. The first-order chi connectivity index (χ1) is 15.6. The van der Waals surface area contributed by atoms with Gasteiger partial charge in [0.1, 0.15) is 21.2 Å². The van der Waals surface area contributed by atoms with E-state index in [1.165, 1.54) is 22.9 Å². The Bertz CT molecular complexity index is 1380. The molecule has 2 amide bonds. The zero-order chi connectivity index (χ0) is 23.9. The van der Waals surface area contributed by atoms with Crippen molar-refractivity contribution in [1.82, 2.24) is 14.8 Å². The number of thiophene rings is 1. The van der Waals surface area contributed by atoms with Gasteiger partial charge in [0.2, 0.25) is 0 Å². The summed E-state index contributed by atoms with van der Waals surface area (Å²) in [5.41, 5.74) is 4.44. The van der Waals surface area contributed by atoms with Crippen LogP contribution in [0.4, 0.5) is 23.2 Å². The summed E-state index contributed by atoms with van der Waals surface area (Å²) in [5.74, 6) is -2.22. The molecule has 0 aliphatic heterocycles. The number of aromatic nitrogens is 3. The summed E-state index contributed by atoms with van der Waals surface area (Å²) in [6.45, 7) is 2.34. The Labute approximate surface area is 187 Å². The van der Waals surface area contributed by atoms with Gasteiger partial charge in [-0.25, -0.2) is 9.37 Å². The molecule has 0 radical (unpaired) electrons. The summed E-state index contributed by atoms with van der Waals surface area (Å²) in [6, 6.07) is 7.01. The van der Waals surface area contributed by atoms with E-state index in [-0.39, 0.29) is 37.6 Å². The fourth-order valence-corrected chi connectivity index (χ4v) is 4.24. The SMILES string of the molecule is CCn1ccc(C(=O)Nc2c(C(N)=O)sc3nc(C(F)(F)F)cc(-c4ccc(F)cc4)c23)n1. The van der Waals surface area contributed by atoms with Crippen molar-refractivity contribution < 1.29 is 27.2 Å². The molecule has 3 N–H and O–H groups in total. The number of nitrogens with one attached hydrogen (secondary N) is 1. The van der Waals surface area contributed by atoms with Crippen LogP contribution in [0, 0.1) is 5.82 Å². The molecule has 0 spiro atoms. The highest BCUT2D eigenvalue weighted by molar-refractivity contribution is 7.21. The van der Waals surface area contributed by atoms with Crippen molar-refractivity contribution >= 4 is 39.1 Å². The van der Waals surface area contributed by atoms with Crippen molar-refractivity contribution in [3.05, 3.63) is 64.7 Å². The van der Waals surface area contributed by atoms with Crippen LogP contribution in [0.1, 0.15) is 32.8 Å². The zero-order valence-corrected chi connectivity index (χ0v) is 17.7. The van der Waals surface area contributed by atoms with E-state index in [2.05, 4.69) is 15.4 Å². The number of nitrogens with two attached hydrogens (primary N) is 1. The topological polar surface area (TPSA) is 103 Å². The van der Waals surface area contributed by atoms with Crippen molar-refractivity contribution in [2.75, 3.05) is 5.32 Å². The number of nitrogens with zero attached hydrogens (tertiary/aromatic N) is 3. The number of hydrogen-bond donors (Lipinski definition) is 2. The van der Waals surface area contributed by atoms with E-state index in [1.54, 1.807) is 6.20 Å². The van der Waals surface area contributed by atoms with Gasteiger partial charge in [-0.2, -0.15) is 18.3 Å². The summed E-state index contributed by atoms with van der Waals surface area (Å²) >= 11 is 0.621. The number of halogens is 4. The van der Waals surface area contributed by atoms with Gasteiger partial charge in [0.05, 0.1) is 5.69 Å². The normalized spacial score (nSPS) is 11.7. The van der Waals surface area contributed by atoms with Crippen LogP contribution in [-0.4, -0.2) is 26.6 Å². The molecule has 0 fully saturated rings. The number of carbonyl (C=O) groups is 2. The minimum Gasteiger partial charge on any atom is -0.365 e. The third-order valence-corrected chi connectivity index (χ3v) is 5.87. The average Bonchev–Trinajstić information content (AvgIpc) is 3.38. The summed E-state index contributed by atoms with van der Waals surface area (Å²) < 4.78 is 55.5. The third-order valence-electron chi connectivity index (χ3n) is 4.77. The number of pyridine rings is 1. The molecule has 0 unspecified atom stereocenters. The van der Waals surface area contributed by atoms with E-state index in [4.69, 9.17) is 5.73 Å². The number of alkyl halides is 3. The molecular formula is C21H15F4N5O2S. The van der Waals surface area contributed by atoms with Crippen LogP contribution in [0.5, 0.6) is 0 Å². The molecule has 0 aliphatic rings. The summed E-state index contributed by atoms with van der Waals surface area (Å²) in [7, 11) is 0. The molecule has 12 heteroatoms. The fraction of sp³-hybridized carbons (Fsp3) is 0.143. The lowest BCUT2D eigenvalue weighted by molar-refractivity contribution is -0.140. The van der Waals surface area contributed by atoms with Gasteiger partial charge in [-0.05, 0) is 42.3 Å². The number of hydrogen-bond acceptors (Lipinski definition) is 5. The Kier molecular flexibility index (Phi) is 5.62. The van der Waals surface area contributed by atoms with Crippen molar-refractivity contribution in [3.8, 4) is 11.1 Å². The molecule has 1 aromatic carbocycles. The highest BCUT2D eigenvalue weighted by Gasteiger charge is 2.35. The molecule has 0 aliphatic carbocycles. The molecule has 33 heavy (non-hydrogen) atoms. The lowest BCUT2D eigenvalue weighted by Crippen LogP contribution is -2.17. The third kappa shape index (κ3) is 4.29. The molecule has 0 atom stereocenters. The summed E-state index contributed by atoms with van der Waals surface area (Å²) in [6.07, 6.45) is -3.20. The first-order valence-electron chi connectivity index (χ1n) is 9.53. The second-order valence-corrected chi connectivity index (χ2v) is 7.92. The standard InChI is InChI=1S/C21H15F4N5O2S/c1-2-30-8-7-13(29-30)19(32)28-16-15-12(10-3-5-11(22)6-4-10)9-14(21(23,24)25)27-20(15)33-17(16)18(26)31/h3-9H,2H2,1H3,(H2,26,31)(H,28,32). The van der Waals surface area contributed by atoms with Gasteiger partial charge >= 0.3 is 6.18 Å². The second kappa shape index (κ2) is 8.28. The zero-order valence-electron chi connectivity index (χ0n) is 16.9. The minimum atomic E-state index is -4.78. The van der Waals surface area contributed by atoms with E-state index in [0.717, 1.165) is 18.2 Å². The van der Waals surface area contributed by atoms with Gasteiger partial charge in [0.15, 0.2) is 5.69 Å². The number of carbonyl (C=O) groups excluding carboxylic acids is 2. The Morgan fingerprint density at radius 1 is 1.18 bits per heavy atom. The van der Waals surface area contributed by atoms with Gasteiger partial charge < -0.3 is 11.1 Å². The molecular weight excluding hydrogens is 462 g/mol. The van der Waals surface area contributed by atoms with E-state index in [1.807, 2.05) is 6.92 Å². The van der Waals surface area contributed by atoms with Gasteiger partial charge in [-0.3, -0.25) is 14.3 Å². The van der Waals surface area contributed by atoms with Crippen LogP contribution in [0.15, 0.2) is 42.6 Å². The van der Waals surface area contributed by atoms with Gasteiger partial charge in [-0.1, -0.05) is 12.1 Å².